The molecule has 326 valence electrons. The molecule has 13 nitrogen and oxygen atoms in total. The lowest BCUT2D eigenvalue weighted by Gasteiger charge is -2.27. The van der Waals surface area contributed by atoms with E-state index in [9.17, 15) is 9.59 Å². The summed E-state index contributed by atoms with van der Waals surface area (Å²) in [5, 5.41) is 0. The number of rotatable bonds is 23. The summed E-state index contributed by atoms with van der Waals surface area (Å²) in [6, 6.07) is 31.6. The lowest BCUT2D eigenvalue weighted by atomic mass is 10.1. The second-order valence-corrected chi connectivity index (χ2v) is 15.4. The van der Waals surface area contributed by atoms with Crippen LogP contribution in [0.1, 0.15) is 48.9 Å². The predicted molar refractivity (Wildman–Crippen MR) is 237 cm³/mol. The molecule has 2 unspecified atom stereocenters. The molecule has 4 rings (SSSR count). The molecular weight excluding hydrogens is 763 g/mol. The minimum atomic E-state index is -0.772. The van der Waals surface area contributed by atoms with Gasteiger partial charge in [0.1, 0.15) is 11.5 Å². The fraction of sp³-hybridized carbons (Fsp3) is 0.447. The first-order valence-corrected chi connectivity index (χ1v) is 20.3. The zero-order valence-electron chi connectivity index (χ0n) is 37.1. The minimum absolute atomic E-state index is 0.0974. The summed E-state index contributed by atoms with van der Waals surface area (Å²) in [7, 11) is 15.2. The second kappa shape index (κ2) is 23.9. The fourth-order valence-electron chi connectivity index (χ4n) is 6.49. The normalized spacial score (nSPS) is 12.6. The van der Waals surface area contributed by atoms with Crippen molar-refractivity contribution < 1.29 is 38.0 Å². The summed E-state index contributed by atoms with van der Waals surface area (Å²) in [6.07, 6.45) is -1.17. The third-order valence-electron chi connectivity index (χ3n) is 10.1. The van der Waals surface area contributed by atoms with Crippen LogP contribution < -0.4 is 19.3 Å². The van der Waals surface area contributed by atoms with Gasteiger partial charge in [-0.05, 0) is 112 Å². The van der Waals surface area contributed by atoms with Crippen LogP contribution in [0.3, 0.4) is 0 Å². The molecule has 60 heavy (non-hydrogen) atoms. The van der Waals surface area contributed by atoms with Gasteiger partial charge in [0, 0.05) is 71.8 Å². The van der Waals surface area contributed by atoms with Crippen molar-refractivity contribution in [2.75, 3.05) is 79.5 Å². The Hall–Kier alpha value is -5.50. The molecule has 2 atom stereocenters. The fourth-order valence-corrected chi connectivity index (χ4v) is 6.49. The van der Waals surface area contributed by atoms with Crippen molar-refractivity contribution in [2.24, 2.45) is 0 Å². The van der Waals surface area contributed by atoms with Crippen molar-refractivity contribution in [3.63, 3.8) is 0 Å². The Balaban J connectivity index is 1.28. The molecule has 13 heteroatoms. The second-order valence-electron chi connectivity index (χ2n) is 15.4. The summed E-state index contributed by atoms with van der Waals surface area (Å²) in [5.74, 6) is 1.43. The van der Waals surface area contributed by atoms with Crippen LogP contribution in [0.2, 0.25) is 0 Å². The average molecular weight is 828 g/mol. The first-order valence-electron chi connectivity index (χ1n) is 20.3. The highest BCUT2D eigenvalue weighted by Crippen LogP contribution is 2.21. The topological polar surface area (TPSA) is 106 Å². The van der Waals surface area contributed by atoms with Gasteiger partial charge in [0.2, 0.25) is 12.6 Å². The van der Waals surface area contributed by atoms with E-state index in [0.717, 1.165) is 33.6 Å². The standard InChI is InChI=1S/C47H65N5O8/c1-35(59-46(53)51(33-39-13-11-15-44(29-39)55-9)31-37-17-21-41(22-18-37)48(3)4)57-27-25-43(50(7)8)26-28-58-36(2)60-47(54)52(34-40-14-12-16-45(30-40)56-10)32-38-19-23-42(24-20-38)49(5)6/h11-24,29-30,35-36,43H,25-28,31-34H2,1-10H3. The third kappa shape index (κ3) is 15.6. The Labute approximate surface area is 357 Å². The summed E-state index contributed by atoms with van der Waals surface area (Å²) in [6.45, 7) is 5.56. The number of carbonyl (C=O) groups excluding carboxylic acids is 2. The van der Waals surface area contributed by atoms with E-state index in [-0.39, 0.29) is 6.04 Å². The first kappa shape index (κ1) is 47.2. The number of methoxy groups -OCH3 is 2. The first-order chi connectivity index (χ1) is 28.7. The summed E-state index contributed by atoms with van der Waals surface area (Å²) >= 11 is 0. The van der Waals surface area contributed by atoms with Crippen LogP contribution in [0, 0.1) is 0 Å². The Kier molecular flexibility index (Phi) is 18.8. The van der Waals surface area contributed by atoms with Crippen LogP contribution in [0.15, 0.2) is 97.1 Å². The maximum Gasteiger partial charge on any atom is 0.412 e. The van der Waals surface area contributed by atoms with Crippen LogP contribution in [0.4, 0.5) is 21.0 Å². The van der Waals surface area contributed by atoms with E-state index in [1.54, 1.807) is 37.9 Å². The quantitative estimate of drug-likeness (QED) is 0.0676. The Morgan fingerprint density at radius 2 is 0.883 bits per heavy atom. The molecular formula is C47H65N5O8. The minimum Gasteiger partial charge on any atom is -0.497 e. The number of carbonyl (C=O) groups is 2. The zero-order chi connectivity index (χ0) is 43.6. The Bertz CT molecular complexity index is 1760. The molecule has 0 aromatic heterocycles. The van der Waals surface area contributed by atoms with E-state index in [1.807, 2.05) is 149 Å². The van der Waals surface area contributed by atoms with Gasteiger partial charge in [-0.1, -0.05) is 48.5 Å². The number of anilines is 2. The molecule has 4 aromatic rings. The molecule has 0 bridgehead atoms. The van der Waals surface area contributed by atoms with Gasteiger partial charge < -0.3 is 43.1 Å². The molecule has 0 saturated carbocycles. The van der Waals surface area contributed by atoms with Gasteiger partial charge in [0.15, 0.2) is 0 Å². The van der Waals surface area contributed by atoms with Crippen molar-refractivity contribution in [1.29, 1.82) is 0 Å². The number of amides is 2. The molecule has 0 N–H and O–H groups in total. The Morgan fingerprint density at radius 1 is 0.517 bits per heavy atom. The molecule has 0 heterocycles. The van der Waals surface area contributed by atoms with Crippen LogP contribution in [0.25, 0.3) is 0 Å². The molecule has 0 radical (unpaired) electrons. The van der Waals surface area contributed by atoms with E-state index in [4.69, 9.17) is 28.4 Å². The lowest BCUT2D eigenvalue weighted by Crippen LogP contribution is -2.35. The highest BCUT2D eigenvalue weighted by atomic mass is 16.7. The number of ether oxygens (including phenoxy) is 6. The molecule has 0 fully saturated rings. The van der Waals surface area contributed by atoms with Crippen molar-refractivity contribution in [2.45, 2.75) is 71.5 Å². The zero-order valence-corrected chi connectivity index (χ0v) is 37.1. The van der Waals surface area contributed by atoms with E-state index in [2.05, 4.69) is 4.90 Å². The lowest BCUT2D eigenvalue weighted by molar-refractivity contribution is -0.110. The molecule has 0 aliphatic heterocycles. The van der Waals surface area contributed by atoms with Gasteiger partial charge in [0.25, 0.3) is 0 Å². The molecule has 0 aliphatic carbocycles. The average Bonchev–Trinajstić information content (AvgIpc) is 3.23. The van der Waals surface area contributed by atoms with Gasteiger partial charge in [-0.25, -0.2) is 9.59 Å². The summed E-state index contributed by atoms with van der Waals surface area (Å²) in [4.78, 5) is 36.6. The summed E-state index contributed by atoms with van der Waals surface area (Å²) < 4.78 is 34.5. The smallest absolute Gasteiger partial charge is 0.412 e. The molecule has 4 aromatic carbocycles. The number of benzene rings is 4. The number of hydrogen-bond donors (Lipinski definition) is 0. The third-order valence-corrected chi connectivity index (χ3v) is 10.1. The van der Waals surface area contributed by atoms with Crippen LogP contribution in [0.5, 0.6) is 11.5 Å². The van der Waals surface area contributed by atoms with Gasteiger partial charge in [-0.3, -0.25) is 9.80 Å². The summed E-state index contributed by atoms with van der Waals surface area (Å²) in [5.41, 5.74) is 5.94. The molecule has 2 amide bonds. The van der Waals surface area contributed by atoms with Gasteiger partial charge in [0.05, 0.1) is 27.4 Å². The van der Waals surface area contributed by atoms with Gasteiger partial charge >= 0.3 is 12.2 Å². The monoisotopic (exact) mass is 827 g/mol. The maximum atomic E-state index is 13.6. The van der Waals surface area contributed by atoms with Gasteiger partial charge in [-0.15, -0.1) is 0 Å². The highest BCUT2D eigenvalue weighted by Gasteiger charge is 2.23. The maximum absolute atomic E-state index is 13.6. The largest absolute Gasteiger partial charge is 0.497 e. The van der Waals surface area contributed by atoms with Crippen LogP contribution >= 0.6 is 0 Å². The van der Waals surface area contributed by atoms with E-state index < -0.39 is 24.8 Å². The van der Waals surface area contributed by atoms with E-state index in [1.165, 1.54) is 0 Å². The predicted octanol–water partition coefficient (Wildman–Crippen LogP) is 8.25. The number of hydrogen-bond acceptors (Lipinski definition) is 11. The van der Waals surface area contributed by atoms with E-state index >= 15 is 0 Å². The Morgan fingerprint density at radius 3 is 1.22 bits per heavy atom. The van der Waals surface area contributed by atoms with E-state index in [0.29, 0.717) is 63.7 Å². The van der Waals surface area contributed by atoms with Crippen molar-refractivity contribution in [1.82, 2.24) is 14.7 Å². The van der Waals surface area contributed by atoms with Crippen molar-refractivity contribution in [3.8, 4) is 11.5 Å². The molecule has 0 spiro atoms. The number of nitrogens with zero attached hydrogens (tertiary/aromatic N) is 5. The van der Waals surface area contributed by atoms with Crippen LogP contribution in [-0.2, 0) is 45.1 Å². The molecule has 0 saturated heterocycles. The van der Waals surface area contributed by atoms with Gasteiger partial charge in [-0.2, -0.15) is 0 Å². The van der Waals surface area contributed by atoms with Crippen molar-refractivity contribution in [3.05, 3.63) is 119 Å². The molecule has 0 aliphatic rings. The SMILES string of the molecule is COc1cccc(CN(Cc2ccc(N(C)C)cc2)C(=O)OC(C)OCCC(CCOC(C)OC(=O)N(Cc2ccc(N(C)C)cc2)Cc2cccc(OC)c2)N(C)C)c1. The van der Waals surface area contributed by atoms with Crippen molar-refractivity contribution >= 4 is 23.6 Å². The highest BCUT2D eigenvalue weighted by molar-refractivity contribution is 5.68. The van der Waals surface area contributed by atoms with Crippen LogP contribution in [-0.4, -0.2) is 115 Å².